The highest BCUT2D eigenvalue weighted by Crippen LogP contribution is 2.30. The first-order chi connectivity index (χ1) is 10.3. The molecule has 1 heterocycles. The van der Waals surface area contributed by atoms with E-state index in [4.69, 9.17) is 5.11 Å². The van der Waals surface area contributed by atoms with Gasteiger partial charge >= 0.3 is 5.97 Å². The van der Waals surface area contributed by atoms with Gasteiger partial charge in [-0.3, -0.25) is 4.79 Å². The first kappa shape index (κ1) is 16.5. The third kappa shape index (κ3) is 2.85. The van der Waals surface area contributed by atoms with E-state index in [-0.39, 0.29) is 23.0 Å². The molecule has 1 saturated heterocycles. The maximum atomic E-state index is 12.9. The maximum Gasteiger partial charge on any atom is 0.307 e. The van der Waals surface area contributed by atoms with Crippen LogP contribution in [0.25, 0.3) is 0 Å². The number of rotatable bonds is 3. The fourth-order valence-electron chi connectivity index (χ4n) is 2.74. The summed E-state index contributed by atoms with van der Waals surface area (Å²) in [5.74, 6) is -1.70. The van der Waals surface area contributed by atoms with E-state index >= 15 is 0 Å². The molecule has 1 aliphatic heterocycles. The predicted molar refractivity (Wildman–Crippen MR) is 79.6 cm³/mol. The summed E-state index contributed by atoms with van der Waals surface area (Å²) in [6.07, 6.45) is 0.950. The van der Waals surface area contributed by atoms with Gasteiger partial charge in [-0.25, -0.2) is 8.42 Å². The summed E-state index contributed by atoms with van der Waals surface area (Å²) in [5.41, 5.74) is 0.704. The average molecular weight is 322 g/mol. The molecule has 1 N–H and O–H groups in total. The third-order valence-electron chi connectivity index (χ3n) is 4.11. The van der Waals surface area contributed by atoms with Crippen LogP contribution in [0.2, 0.25) is 0 Å². The van der Waals surface area contributed by atoms with Gasteiger partial charge in [-0.1, -0.05) is 12.1 Å². The standard InChI is InChI=1S/C15H18N2O4S/c1-10-4-3-5-14(13(10)8-16)22(20,21)17-9-12(15(18)19)7-6-11(17)2/h3-5,11-12H,6-7,9H2,1-2H3,(H,18,19). The average Bonchev–Trinajstić information content (AvgIpc) is 2.46. The number of nitriles is 1. The van der Waals surface area contributed by atoms with Crippen LogP contribution in [0.15, 0.2) is 23.1 Å². The number of aliphatic carboxylic acids is 1. The number of hydrogen-bond acceptors (Lipinski definition) is 4. The van der Waals surface area contributed by atoms with E-state index in [9.17, 15) is 18.5 Å². The van der Waals surface area contributed by atoms with E-state index in [0.29, 0.717) is 18.4 Å². The lowest BCUT2D eigenvalue weighted by Gasteiger charge is -2.35. The molecule has 118 valence electrons. The van der Waals surface area contributed by atoms with Gasteiger partial charge < -0.3 is 5.11 Å². The molecule has 7 heteroatoms. The predicted octanol–water partition coefficient (Wildman–Crippen LogP) is 1.74. The van der Waals surface area contributed by atoms with Gasteiger partial charge in [0.15, 0.2) is 0 Å². The molecular formula is C15H18N2O4S. The van der Waals surface area contributed by atoms with Crippen LogP contribution in [0.5, 0.6) is 0 Å². The second-order valence-corrected chi connectivity index (χ2v) is 7.46. The van der Waals surface area contributed by atoms with E-state index < -0.39 is 21.9 Å². The zero-order valence-corrected chi connectivity index (χ0v) is 13.3. The normalized spacial score (nSPS) is 23.0. The minimum Gasteiger partial charge on any atom is -0.481 e. The van der Waals surface area contributed by atoms with Gasteiger partial charge in [0, 0.05) is 12.6 Å². The first-order valence-electron chi connectivity index (χ1n) is 7.03. The second kappa shape index (κ2) is 6.07. The van der Waals surface area contributed by atoms with Crippen molar-refractivity contribution in [1.82, 2.24) is 4.31 Å². The van der Waals surface area contributed by atoms with Gasteiger partial charge in [-0.15, -0.1) is 0 Å². The molecule has 0 saturated carbocycles. The van der Waals surface area contributed by atoms with Crippen LogP contribution in [-0.4, -0.2) is 36.4 Å². The number of carboxylic acid groups (broad SMARTS) is 1. The Hall–Kier alpha value is -1.91. The molecule has 0 spiro atoms. The Kier molecular flexibility index (Phi) is 4.54. The summed E-state index contributed by atoms with van der Waals surface area (Å²) >= 11 is 0. The molecule has 2 atom stereocenters. The van der Waals surface area contributed by atoms with Gasteiger partial charge in [0.2, 0.25) is 10.0 Å². The number of carboxylic acids is 1. The number of benzene rings is 1. The Morgan fingerprint density at radius 2 is 2.09 bits per heavy atom. The molecule has 1 aromatic rings. The first-order valence-corrected chi connectivity index (χ1v) is 8.47. The van der Waals surface area contributed by atoms with Crippen molar-refractivity contribution in [1.29, 1.82) is 5.26 Å². The Labute approximate surface area is 130 Å². The van der Waals surface area contributed by atoms with Crippen molar-refractivity contribution in [3.63, 3.8) is 0 Å². The molecule has 0 aliphatic carbocycles. The summed E-state index contributed by atoms with van der Waals surface area (Å²) in [6, 6.07) is 6.32. The van der Waals surface area contributed by atoms with Gasteiger partial charge in [-0.05, 0) is 38.3 Å². The Bertz CT molecular complexity index is 736. The zero-order chi connectivity index (χ0) is 16.5. The Balaban J connectivity index is 2.48. The quantitative estimate of drug-likeness (QED) is 0.914. The minimum absolute atomic E-state index is 0.0483. The molecule has 2 rings (SSSR count). The number of nitrogens with zero attached hydrogens (tertiary/aromatic N) is 2. The number of aryl methyl sites for hydroxylation is 1. The second-order valence-electron chi connectivity index (χ2n) is 5.60. The van der Waals surface area contributed by atoms with E-state index in [2.05, 4.69) is 0 Å². The van der Waals surface area contributed by atoms with Gasteiger partial charge in [0.1, 0.15) is 11.0 Å². The van der Waals surface area contributed by atoms with Crippen molar-refractivity contribution >= 4 is 16.0 Å². The SMILES string of the molecule is Cc1cccc(S(=O)(=O)N2CC(C(=O)O)CCC2C)c1C#N. The van der Waals surface area contributed by atoms with Crippen LogP contribution < -0.4 is 0 Å². The summed E-state index contributed by atoms with van der Waals surface area (Å²) < 4.78 is 27.0. The van der Waals surface area contributed by atoms with E-state index in [1.807, 2.05) is 6.07 Å². The van der Waals surface area contributed by atoms with E-state index in [0.717, 1.165) is 0 Å². The van der Waals surface area contributed by atoms with Crippen molar-refractivity contribution in [3.05, 3.63) is 29.3 Å². The number of piperidine rings is 1. The molecule has 0 radical (unpaired) electrons. The van der Waals surface area contributed by atoms with E-state index in [1.54, 1.807) is 26.0 Å². The molecular weight excluding hydrogens is 304 g/mol. The maximum absolute atomic E-state index is 12.9. The highest BCUT2D eigenvalue weighted by Gasteiger charge is 2.38. The molecule has 22 heavy (non-hydrogen) atoms. The third-order valence-corrected chi connectivity index (χ3v) is 6.13. The van der Waals surface area contributed by atoms with E-state index in [1.165, 1.54) is 10.4 Å². The summed E-state index contributed by atoms with van der Waals surface area (Å²) in [6.45, 7) is 3.38. The molecule has 1 fully saturated rings. The number of sulfonamides is 1. The van der Waals surface area contributed by atoms with Gasteiger partial charge in [0.25, 0.3) is 0 Å². The largest absolute Gasteiger partial charge is 0.481 e. The highest BCUT2D eigenvalue weighted by molar-refractivity contribution is 7.89. The van der Waals surface area contributed by atoms with Gasteiger partial charge in [0.05, 0.1) is 11.5 Å². The van der Waals surface area contributed by atoms with Crippen molar-refractivity contribution < 1.29 is 18.3 Å². The van der Waals surface area contributed by atoms with Crippen molar-refractivity contribution in [3.8, 4) is 6.07 Å². The van der Waals surface area contributed by atoms with Crippen molar-refractivity contribution in [2.24, 2.45) is 5.92 Å². The molecule has 0 bridgehead atoms. The zero-order valence-electron chi connectivity index (χ0n) is 12.5. The van der Waals surface area contributed by atoms with Crippen molar-refractivity contribution in [2.45, 2.75) is 37.6 Å². The Morgan fingerprint density at radius 1 is 1.41 bits per heavy atom. The lowest BCUT2D eigenvalue weighted by Crippen LogP contribution is -2.47. The Morgan fingerprint density at radius 3 is 2.68 bits per heavy atom. The lowest BCUT2D eigenvalue weighted by molar-refractivity contribution is -0.143. The number of hydrogen-bond donors (Lipinski definition) is 1. The van der Waals surface area contributed by atoms with Gasteiger partial charge in [-0.2, -0.15) is 9.57 Å². The molecule has 0 amide bonds. The molecule has 0 aromatic heterocycles. The highest BCUT2D eigenvalue weighted by atomic mass is 32.2. The smallest absolute Gasteiger partial charge is 0.307 e. The molecule has 6 nitrogen and oxygen atoms in total. The van der Waals surface area contributed by atoms with Crippen LogP contribution in [-0.2, 0) is 14.8 Å². The monoisotopic (exact) mass is 322 g/mol. The topological polar surface area (TPSA) is 98.5 Å². The molecule has 1 aromatic carbocycles. The summed E-state index contributed by atoms with van der Waals surface area (Å²) in [5, 5.41) is 18.4. The van der Waals surface area contributed by atoms with Crippen LogP contribution >= 0.6 is 0 Å². The summed E-state index contributed by atoms with van der Waals surface area (Å²) in [4.78, 5) is 11.1. The molecule has 1 aliphatic rings. The van der Waals surface area contributed by atoms with Crippen LogP contribution in [0, 0.1) is 24.2 Å². The fourth-order valence-corrected chi connectivity index (χ4v) is 4.66. The summed E-state index contributed by atoms with van der Waals surface area (Å²) in [7, 11) is -3.90. The lowest BCUT2D eigenvalue weighted by atomic mass is 9.96. The molecule has 2 unspecified atom stereocenters. The van der Waals surface area contributed by atoms with Crippen LogP contribution in [0.3, 0.4) is 0 Å². The van der Waals surface area contributed by atoms with Crippen LogP contribution in [0.4, 0.5) is 0 Å². The number of carbonyl (C=O) groups is 1. The fraction of sp³-hybridized carbons (Fsp3) is 0.467. The van der Waals surface area contributed by atoms with Crippen LogP contribution in [0.1, 0.15) is 30.9 Å². The van der Waals surface area contributed by atoms with Crippen molar-refractivity contribution in [2.75, 3.05) is 6.54 Å². The minimum atomic E-state index is -3.90.